The summed E-state index contributed by atoms with van der Waals surface area (Å²) in [6.07, 6.45) is 0. The number of amides is 3. The Hall–Kier alpha value is -3.65. The maximum atomic E-state index is 13.3. The highest BCUT2D eigenvalue weighted by atomic mass is 16.5. The van der Waals surface area contributed by atoms with Crippen molar-refractivity contribution >= 4 is 17.9 Å². The van der Waals surface area contributed by atoms with E-state index in [-0.39, 0.29) is 24.6 Å². The van der Waals surface area contributed by atoms with Crippen molar-refractivity contribution < 1.29 is 19.1 Å². The first-order chi connectivity index (χ1) is 17.7. The Labute approximate surface area is 218 Å². The van der Waals surface area contributed by atoms with Gasteiger partial charge in [-0.2, -0.15) is 0 Å². The zero-order chi connectivity index (χ0) is 26.7. The van der Waals surface area contributed by atoms with E-state index in [1.54, 1.807) is 14.0 Å². The molecule has 0 bridgehead atoms. The number of urea groups is 1. The van der Waals surface area contributed by atoms with Crippen LogP contribution in [0.2, 0.25) is 0 Å². The highest BCUT2D eigenvalue weighted by Gasteiger charge is 2.39. The molecule has 0 radical (unpaired) electrons. The number of nitrogens with one attached hydrogen (secondary N) is 1. The number of likely N-dealkylation sites (N-methyl/N-ethyl adjacent to an activating group) is 1. The molecule has 2 heterocycles. The summed E-state index contributed by atoms with van der Waals surface area (Å²) < 4.78 is 5.48. The van der Waals surface area contributed by atoms with Crippen molar-refractivity contribution in [1.29, 1.82) is 0 Å². The standard InChI is InChI=1S/C29H36N4O4/c1-6-37-28(35)25-24(31(5)29(36)30-26(25)23-16-19(2)12-13-20(23)3)18-32-14-15-33(21(4)17-32)27(34)22-10-8-7-9-11-22/h7-13,16,21,26H,6,14-15,17-18H2,1-5H3,(H,30,36)/t21-,26+/m1/s1. The summed E-state index contributed by atoms with van der Waals surface area (Å²) in [6.45, 7) is 10.2. The Morgan fingerprint density at radius 3 is 2.49 bits per heavy atom. The molecule has 0 unspecified atom stereocenters. The summed E-state index contributed by atoms with van der Waals surface area (Å²) >= 11 is 0. The lowest BCUT2D eigenvalue weighted by Gasteiger charge is -2.42. The Bertz CT molecular complexity index is 1210. The van der Waals surface area contributed by atoms with Crippen LogP contribution in [0.5, 0.6) is 0 Å². The first-order valence-corrected chi connectivity index (χ1v) is 12.8. The lowest BCUT2D eigenvalue weighted by Crippen LogP contribution is -2.56. The SMILES string of the molecule is CCOC(=O)C1=C(CN2CCN(C(=O)c3ccccc3)[C@H](C)C2)N(C)C(=O)N[C@H]1c1cc(C)ccc1C. The number of carbonyl (C=O) groups excluding carboxylic acids is 3. The van der Waals surface area contributed by atoms with Crippen LogP contribution in [0, 0.1) is 13.8 Å². The molecule has 8 heteroatoms. The van der Waals surface area contributed by atoms with E-state index in [9.17, 15) is 14.4 Å². The van der Waals surface area contributed by atoms with Crippen molar-refractivity contribution in [3.8, 4) is 0 Å². The second-order valence-corrected chi connectivity index (χ2v) is 9.83. The van der Waals surface area contributed by atoms with Gasteiger partial charge in [-0.15, -0.1) is 0 Å². The molecule has 0 aliphatic carbocycles. The van der Waals surface area contributed by atoms with Crippen molar-refractivity contribution in [2.45, 2.75) is 39.8 Å². The van der Waals surface area contributed by atoms with Gasteiger partial charge in [0.15, 0.2) is 0 Å². The van der Waals surface area contributed by atoms with Crippen LogP contribution in [-0.2, 0) is 9.53 Å². The smallest absolute Gasteiger partial charge is 0.338 e. The van der Waals surface area contributed by atoms with Crippen molar-refractivity contribution in [3.05, 3.63) is 82.1 Å². The van der Waals surface area contributed by atoms with Gasteiger partial charge >= 0.3 is 12.0 Å². The van der Waals surface area contributed by atoms with E-state index in [1.807, 2.05) is 74.2 Å². The summed E-state index contributed by atoms with van der Waals surface area (Å²) in [5, 5.41) is 3.01. The average Bonchev–Trinajstić information content (AvgIpc) is 2.88. The summed E-state index contributed by atoms with van der Waals surface area (Å²) in [5.41, 5.74) is 4.68. The first-order valence-electron chi connectivity index (χ1n) is 12.8. The summed E-state index contributed by atoms with van der Waals surface area (Å²) in [6, 6.07) is 14.4. The monoisotopic (exact) mass is 504 g/mol. The molecule has 0 aromatic heterocycles. The molecular formula is C29H36N4O4. The minimum absolute atomic E-state index is 0.0170. The van der Waals surface area contributed by atoms with Crippen molar-refractivity contribution in [2.75, 3.05) is 39.8 Å². The van der Waals surface area contributed by atoms with Gasteiger partial charge in [0.25, 0.3) is 5.91 Å². The fraction of sp³-hybridized carbons (Fsp3) is 0.414. The van der Waals surface area contributed by atoms with Crippen LogP contribution in [0.1, 0.15) is 46.9 Å². The minimum Gasteiger partial charge on any atom is -0.463 e. The highest BCUT2D eigenvalue weighted by molar-refractivity contribution is 5.95. The van der Waals surface area contributed by atoms with Crippen LogP contribution in [0.4, 0.5) is 4.79 Å². The summed E-state index contributed by atoms with van der Waals surface area (Å²) in [5.74, 6) is -0.412. The number of hydrogen-bond donors (Lipinski definition) is 1. The molecule has 8 nitrogen and oxygen atoms in total. The van der Waals surface area contributed by atoms with Crippen LogP contribution in [0.15, 0.2) is 59.8 Å². The predicted octanol–water partition coefficient (Wildman–Crippen LogP) is 3.66. The molecule has 2 aromatic carbocycles. The molecule has 2 aliphatic heterocycles. The highest BCUT2D eigenvalue weighted by Crippen LogP contribution is 2.33. The van der Waals surface area contributed by atoms with Gasteiger partial charge in [-0.1, -0.05) is 42.0 Å². The fourth-order valence-electron chi connectivity index (χ4n) is 5.14. The van der Waals surface area contributed by atoms with Crippen LogP contribution >= 0.6 is 0 Å². The second-order valence-electron chi connectivity index (χ2n) is 9.83. The van der Waals surface area contributed by atoms with E-state index in [1.165, 1.54) is 4.90 Å². The predicted molar refractivity (Wildman–Crippen MR) is 142 cm³/mol. The summed E-state index contributed by atoms with van der Waals surface area (Å²) in [7, 11) is 1.68. The molecule has 3 amide bonds. The molecule has 37 heavy (non-hydrogen) atoms. The quantitative estimate of drug-likeness (QED) is 0.607. The van der Waals surface area contributed by atoms with Crippen LogP contribution in [-0.4, -0.2) is 78.5 Å². The number of aryl methyl sites for hydroxylation is 2. The molecule has 2 aromatic rings. The van der Waals surface area contributed by atoms with E-state index in [2.05, 4.69) is 10.2 Å². The molecule has 1 saturated heterocycles. The number of ether oxygens (including phenoxy) is 1. The zero-order valence-corrected chi connectivity index (χ0v) is 22.3. The third-order valence-corrected chi connectivity index (χ3v) is 7.18. The van der Waals surface area contributed by atoms with Gasteiger partial charge < -0.3 is 15.0 Å². The molecule has 0 spiro atoms. The number of nitrogens with zero attached hydrogens (tertiary/aromatic N) is 3. The molecule has 196 valence electrons. The third-order valence-electron chi connectivity index (χ3n) is 7.18. The van der Waals surface area contributed by atoms with Crippen molar-refractivity contribution in [2.24, 2.45) is 0 Å². The average molecular weight is 505 g/mol. The molecule has 1 N–H and O–H groups in total. The Kier molecular flexibility index (Phi) is 7.97. The van der Waals surface area contributed by atoms with E-state index < -0.39 is 12.0 Å². The van der Waals surface area contributed by atoms with Gasteiger partial charge in [-0.3, -0.25) is 14.6 Å². The van der Waals surface area contributed by atoms with Gasteiger partial charge in [-0.05, 0) is 51.0 Å². The van der Waals surface area contributed by atoms with Gasteiger partial charge in [0.1, 0.15) is 0 Å². The molecule has 4 rings (SSSR count). The largest absolute Gasteiger partial charge is 0.463 e. The molecule has 1 fully saturated rings. The number of esters is 1. The van der Waals surface area contributed by atoms with E-state index in [0.717, 1.165) is 16.7 Å². The fourth-order valence-corrected chi connectivity index (χ4v) is 5.14. The lowest BCUT2D eigenvalue weighted by atomic mass is 9.90. The van der Waals surface area contributed by atoms with E-state index in [4.69, 9.17) is 4.74 Å². The Morgan fingerprint density at radius 2 is 1.81 bits per heavy atom. The summed E-state index contributed by atoms with van der Waals surface area (Å²) in [4.78, 5) is 45.0. The molecule has 2 aliphatic rings. The van der Waals surface area contributed by atoms with E-state index >= 15 is 0 Å². The molecule has 0 saturated carbocycles. The van der Waals surface area contributed by atoms with Gasteiger partial charge in [0.05, 0.1) is 18.2 Å². The number of hydrogen-bond acceptors (Lipinski definition) is 5. The minimum atomic E-state index is -0.601. The van der Waals surface area contributed by atoms with Crippen LogP contribution < -0.4 is 5.32 Å². The van der Waals surface area contributed by atoms with E-state index in [0.29, 0.717) is 43.0 Å². The normalized spacial score (nSPS) is 20.6. The number of piperazine rings is 1. The maximum Gasteiger partial charge on any atom is 0.338 e. The van der Waals surface area contributed by atoms with Gasteiger partial charge in [0.2, 0.25) is 0 Å². The maximum absolute atomic E-state index is 13.3. The molecule has 2 atom stereocenters. The second kappa shape index (κ2) is 11.2. The third kappa shape index (κ3) is 5.54. The lowest BCUT2D eigenvalue weighted by molar-refractivity contribution is -0.139. The van der Waals surface area contributed by atoms with Crippen molar-refractivity contribution in [3.63, 3.8) is 0 Å². The molecular weight excluding hydrogens is 468 g/mol. The topological polar surface area (TPSA) is 82.2 Å². The van der Waals surface area contributed by atoms with Crippen LogP contribution in [0.3, 0.4) is 0 Å². The first kappa shape index (κ1) is 26.4. The Balaban J connectivity index is 1.63. The van der Waals surface area contributed by atoms with Gasteiger partial charge in [0, 0.05) is 50.5 Å². The van der Waals surface area contributed by atoms with Gasteiger partial charge in [-0.25, -0.2) is 9.59 Å². The zero-order valence-electron chi connectivity index (χ0n) is 22.3. The van der Waals surface area contributed by atoms with Crippen LogP contribution in [0.25, 0.3) is 0 Å². The number of rotatable bonds is 6. The number of benzene rings is 2. The number of carbonyl (C=O) groups is 3. The van der Waals surface area contributed by atoms with Crippen molar-refractivity contribution in [1.82, 2.24) is 20.0 Å². The Morgan fingerprint density at radius 1 is 1.08 bits per heavy atom.